The van der Waals surface area contributed by atoms with Crippen LogP contribution >= 0.6 is 0 Å². The van der Waals surface area contributed by atoms with Gasteiger partial charge in [-0.05, 0) is 67.5 Å². The third kappa shape index (κ3) is 3.47. The summed E-state index contributed by atoms with van der Waals surface area (Å²) in [5.41, 5.74) is 3.04. The average molecular weight is 345 g/mol. The summed E-state index contributed by atoms with van der Waals surface area (Å²) in [6.45, 7) is 0.225. The van der Waals surface area contributed by atoms with E-state index in [1.165, 1.54) is 16.3 Å². The van der Waals surface area contributed by atoms with E-state index in [4.69, 9.17) is 5.11 Å². The zero-order valence-corrected chi connectivity index (χ0v) is 14.5. The van der Waals surface area contributed by atoms with Gasteiger partial charge in [-0.2, -0.15) is 0 Å². The Kier molecular flexibility index (Phi) is 5.21. The van der Waals surface area contributed by atoms with Crippen LogP contribution in [0.3, 0.4) is 0 Å². The van der Waals surface area contributed by atoms with Crippen LogP contribution in [0.2, 0.25) is 0 Å². The Balaban J connectivity index is 1.99. The van der Waals surface area contributed by atoms with E-state index in [-0.39, 0.29) is 13.2 Å². The maximum absolute atomic E-state index is 13.2. The first-order valence-electron chi connectivity index (χ1n) is 8.43. The van der Waals surface area contributed by atoms with Crippen LogP contribution in [0.15, 0.2) is 53.4 Å². The number of aliphatic hydroxyl groups is 1. The highest BCUT2D eigenvalue weighted by Crippen LogP contribution is 2.28. The van der Waals surface area contributed by atoms with Crippen LogP contribution in [0.1, 0.15) is 30.4 Å². The Morgan fingerprint density at radius 2 is 1.67 bits per heavy atom. The van der Waals surface area contributed by atoms with Gasteiger partial charge >= 0.3 is 0 Å². The van der Waals surface area contributed by atoms with E-state index in [0.717, 1.165) is 24.8 Å². The molecule has 0 aliphatic heterocycles. The monoisotopic (exact) mass is 345 g/mol. The fraction of sp³-hybridized carbons (Fsp3) is 0.368. The van der Waals surface area contributed by atoms with E-state index in [1.807, 2.05) is 30.3 Å². The van der Waals surface area contributed by atoms with Crippen LogP contribution in [-0.2, 0) is 22.9 Å². The van der Waals surface area contributed by atoms with Crippen molar-refractivity contribution in [2.75, 3.05) is 17.5 Å². The quantitative estimate of drug-likeness (QED) is 0.875. The lowest BCUT2D eigenvalue weighted by molar-refractivity contribution is 0.291. The summed E-state index contributed by atoms with van der Waals surface area (Å²) < 4.78 is 27.7. The molecule has 2 aromatic rings. The molecule has 3 rings (SSSR count). The summed E-state index contributed by atoms with van der Waals surface area (Å²) in [5.74, 6) is 0. The number of benzene rings is 2. The number of fused-ring (bicyclic) bond motifs is 1. The fourth-order valence-corrected chi connectivity index (χ4v) is 4.75. The lowest BCUT2D eigenvalue weighted by Gasteiger charge is -2.25. The summed E-state index contributed by atoms with van der Waals surface area (Å²) in [7, 11) is -3.64. The SMILES string of the molecule is O=S(=O)(c1ccc2c(c1)CCCC2)N(CCCO)c1ccccc1. The number of aryl methyl sites for hydroxylation is 2. The molecule has 0 radical (unpaired) electrons. The first-order valence-corrected chi connectivity index (χ1v) is 9.87. The second-order valence-electron chi connectivity index (χ2n) is 6.13. The van der Waals surface area contributed by atoms with Crippen molar-refractivity contribution in [3.63, 3.8) is 0 Å². The number of anilines is 1. The summed E-state index contributed by atoms with van der Waals surface area (Å²) >= 11 is 0. The van der Waals surface area contributed by atoms with E-state index in [1.54, 1.807) is 18.2 Å². The third-order valence-corrected chi connectivity index (χ3v) is 6.29. The summed E-state index contributed by atoms with van der Waals surface area (Å²) in [5, 5.41) is 9.13. The van der Waals surface area contributed by atoms with Crippen molar-refractivity contribution < 1.29 is 13.5 Å². The Bertz CT molecular complexity index is 788. The van der Waals surface area contributed by atoms with Crippen molar-refractivity contribution in [1.82, 2.24) is 0 Å². The van der Waals surface area contributed by atoms with Crippen molar-refractivity contribution in [1.29, 1.82) is 0 Å². The van der Waals surface area contributed by atoms with Gasteiger partial charge < -0.3 is 5.11 Å². The van der Waals surface area contributed by atoms with Crippen LogP contribution in [-0.4, -0.2) is 26.7 Å². The number of sulfonamides is 1. The smallest absolute Gasteiger partial charge is 0.264 e. The van der Waals surface area contributed by atoms with Crippen molar-refractivity contribution in [3.05, 3.63) is 59.7 Å². The van der Waals surface area contributed by atoms with E-state index >= 15 is 0 Å². The predicted octanol–water partition coefficient (Wildman–Crippen LogP) is 3.14. The van der Waals surface area contributed by atoms with Gasteiger partial charge in [0.05, 0.1) is 10.6 Å². The van der Waals surface area contributed by atoms with Gasteiger partial charge in [0.1, 0.15) is 0 Å². The van der Waals surface area contributed by atoms with E-state index < -0.39 is 10.0 Å². The lowest BCUT2D eigenvalue weighted by Crippen LogP contribution is -2.32. The molecule has 0 saturated heterocycles. The number of aliphatic hydroxyl groups excluding tert-OH is 1. The molecule has 1 aliphatic carbocycles. The molecule has 4 nitrogen and oxygen atoms in total. The van der Waals surface area contributed by atoms with Gasteiger partial charge in [-0.1, -0.05) is 24.3 Å². The van der Waals surface area contributed by atoms with Crippen LogP contribution in [0.5, 0.6) is 0 Å². The first kappa shape index (κ1) is 17.0. The standard InChI is InChI=1S/C19H23NO3S/c21-14-6-13-20(18-9-2-1-3-10-18)24(22,23)19-12-11-16-7-4-5-8-17(16)15-19/h1-3,9-12,15,21H,4-8,13-14H2. The summed E-state index contributed by atoms with van der Waals surface area (Å²) in [6, 6.07) is 14.6. The molecule has 0 aromatic heterocycles. The van der Waals surface area contributed by atoms with Crippen molar-refractivity contribution >= 4 is 15.7 Å². The molecule has 1 N–H and O–H groups in total. The molecule has 0 heterocycles. The highest BCUT2D eigenvalue weighted by molar-refractivity contribution is 7.92. The van der Waals surface area contributed by atoms with E-state index in [2.05, 4.69) is 0 Å². The van der Waals surface area contributed by atoms with Gasteiger partial charge in [0.2, 0.25) is 0 Å². The van der Waals surface area contributed by atoms with Crippen molar-refractivity contribution in [3.8, 4) is 0 Å². The minimum Gasteiger partial charge on any atom is -0.396 e. The number of rotatable bonds is 6. The van der Waals surface area contributed by atoms with Crippen LogP contribution in [0.25, 0.3) is 0 Å². The molecule has 128 valence electrons. The number of hydrogen-bond donors (Lipinski definition) is 1. The third-order valence-electron chi connectivity index (χ3n) is 4.47. The van der Waals surface area contributed by atoms with Gasteiger partial charge in [-0.3, -0.25) is 4.31 Å². The van der Waals surface area contributed by atoms with Crippen LogP contribution in [0, 0.1) is 0 Å². The number of para-hydroxylation sites is 1. The number of hydrogen-bond acceptors (Lipinski definition) is 3. The largest absolute Gasteiger partial charge is 0.396 e. The second kappa shape index (κ2) is 7.36. The molecule has 0 saturated carbocycles. The first-order chi connectivity index (χ1) is 11.6. The molecule has 24 heavy (non-hydrogen) atoms. The van der Waals surface area contributed by atoms with Gasteiger partial charge in [-0.15, -0.1) is 0 Å². The molecular formula is C19H23NO3S. The zero-order valence-electron chi connectivity index (χ0n) is 13.7. The van der Waals surface area contributed by atoms with Gasteiger partial charge in [0.15, 0.2) is 0 Å². The molecule has 5 heteroatoms. The molecule has 0 unspecified atom stereocenters. The molecule has 0 amide bonds. The highest BCUT2D eigenvalue weighted by Gasteiger charge is 2.25. The second-order valence-corrected chi connectivity index (χ2v) is 7.99. The molecule has 2 aromatic carbocycles. The van der Waals surface area contributed by atoms with Crippen LogP contribution in [0.4, 0.5) is 5.69 Å². The summed E-state index contributed by atoms with van der Waals surface area (Å²) in [6.07, 6.45) is 4.66. The topological polar surface area (TPSA) is 57.6 Å². The van der Waals surface area contributed by atoms with E-state index in [0.29, 0.717) is 17.0 Å². The molecule has 0 spiro atoms. The maximum Gasteiger partial charge on any atom is 0.264 e. The van der Waals surface area contributed by atoms with Crippen molar-refractivity contribution in [2.45, 2.75) is 37.0 Å². The minimum absolute atomic E-state index is 0.0386. The molecular weight excluding hydrogens is 322 g/mol. The maximum atomic E-state index is 13.2. The minimum atomic E-state index is -3.64. The molecule has 0 atom stereocenters. The fourth-order valence-electron chi connectivity index (χ4n) is 3.19. The molecule has 1 aliphatic rings. The molecule has 0 fully saturated rings. The van der Waals surface area contributed by atoms with Crippen molar-refractivity contribution in [2.24, 2.45) is 0 Å². The van der Waals surface area contributed by atoms with Gasteiger partial charge in [-0.25, -0.2) is 8.42 Å². The number of nitrogens with zero attached hydrogens (tertiary/aromatic N) is 1. The Hall–Kier alpha value is -1.85. The normalized spacial score (nSPS) is 14.2. The van der Waals surface area contributed by atoms with E-state index in [9.17, 15) is 8.42 Å². The van der Waals surface area contributed by atoms with Gasteiger partial charge in [0, 0.05) is 13.2 Å². The highest BCUT2D eigenvalue weighted by atomic mass is 32.2. The lowest BCUT2D eigenvalue weighted by atomic mass is 9.92. The Labute approximate surface area is 143 Å². The average Bonchev–Trinajstić information content (AvgIpc) is 2.62. The van der Waals surface area contributed by atoms with Crippen LogP contribution < -0.4 is 4.31 Å². The molecule has 0 bridgehead atoms. The zero-order chi connectivity index (χ0) is 17.0. The summed E-state index contributed by atoms with van der Waals surface area (Å²) in [4.78, 5) is 0.338. The Morgan fingerprint density at radius 1 is 0.958 bits per heavy atom. The predicted molar refractivity (Wildman–Crippen MR) is 95.8 cm³/mol. The Morgan fingerprint density at radius 3 is 2.38 bits per heavy atom. The van der Waals surface area contributed by atoms with Gasteiger partial charge in [0.25, 0.3) is 10.0 Å².